The van der Waals surface area contributed by atoms with E-state index in [0.29, 0.717) is 5.75 Å². The number of pyridine rings is 1. The zero-order valence-corrected chi connectivity index (χ0v) is 11.0. The van der Waals surface area contributed by atoms with Gasteiger partial charge in [-0.2, -0.15) is 0 Å². The first-order valence-corrected chi connectivity index (χ1v) is 6.69. The Bertz CT molecular complexity index is 531. The van der Waals surface area contributed by atoms with Crippen molar-refractivity contribution in [2.24, 2.45) is 5.73 Å². The van der Waals surface area contributed by atoms with E-state index in [1.165, 1.54) is 12.1 Å². The van der Waals surface area contributed by atoms with Crippen molar-refractivity contribution >= 4 is 11.8 Å². The molecule has 94 valence electrons. The third kappa shape index (κ3) is 3.55. The molecule has 2 rings (SSSR count). The van der Waals surface area contributed by atoms with Gasteiger partial charge in [0.2, 0.25) is 0 Å². The maximum absolute atomic E-state index is 13.0. The first-order chi connectivity index (χ1) is 8.65. The first-order valence-electron chi connectivity index (χ1n) is 5.70. The second kappa shape index (κ2) is 5.98. The molecule has 0 bridgehead atoms. The number of rotatable bonds is 4. The molecule has 0 spiro atoms. The monoisotopic (exact) mass is 262 g/mol. The summed E-state index contributed by atoms with van der Waals surface area (Å²) in [5.74, 6) is 0.486. The summed E-state index contributed by atoms with van der Waals surface area (Å²) in [6, 6.07) is 8.49. The fourth-order valence-electron chi connectivity index (χ4n) is 1.62. The van der Waals surface area contributed by atoms with E-state index in [2.05, 4.69) is 4.98 Å². The standard InChI is InChI=1S/C14H15FN2S/c1-10-5-11(8-17-7-10)14(16)9-18-13-4-2-3-12(15)6-13/h2-8,14H,9,16H2,1H3. The molecule has 0 aliphatic heterocycles. The number of benzene rings is 1. The summed E-state index contributed by atoms with van der Waals surface area (Å²) in [6.07, 6.45) is 3.58. The van der Waals surface area contributed by atoms with E-state index in [9.17, 15) is 4.39 Å². The van der Waals surface area contributed by atoms with Crippen molar-refractivity contribution in [1.82, 2.24) is 4.98 Å². The SMILES string of the molecule is Cc1cncc(C(N)CSc2cccc(F)c2)c1. The van der Waals surface area contributed by atoms with E-state index in [0.717, 1.165) is 16.0 Å². The molecule has 1 atom stereocenters. The molecule has 0 amide bonds. The predicted octanol–water partition coefficient (Wildman–Crippen LogP) is 3.32. The van der Waals surface area contributed by atoms with Crippen LogP contribution in [0.4, 0.5) is 4.39 Å². The van der Waals surface area contributed by atoms with E-state index in [1.807, 2.05) is 19.1 Å². The van der Waals surface area contributed by atoms with Gasteiger partial charge in [-0.3, -0.25) is 4.98 Å². The average molecular weight is 262 g/mol. The number of thioether (sulfide) groups is 1. The highest BCUT2D eigenvalue weighted by Crippen LogP contribution is 2.23. The number of hydrogen-bond acceptors (Lipinski definition) is 3. The maximum atomic E-state index is 13.0. The highest BCUT2D eigenvalue weighted by molar-refractivity contribution is 7.99. The Morgan fingerprint density at radius 1 is 1.33 bits per heavy atom. The van der Waals surface area contributed by atoms with Gasteiger partial charge in [-0.25, -0.2) is 4.39 Å². The Balaban J connectivity index is 1.98. The summed E-state index contributed by atoms with van der Waals surface area (Å²) in [4.78, 5) is 5.02. The minimum Gasteiger partial charge on any atom is -0.323 e. The van der Waals surface area contributed by atoms with Gasteiger partial charge in [0.25, 0.3) is 0 Å². The molecule has 1 aromatic heterocycles. The minimum atomic E-state index is -0.217. The van der Waals surface area contributed by atoms with E-state index in [4.69, 9.17) is 5.73 Å². The molecule has 2 nitrogen and oxygen atoms in total. The van der Waals surface area contributed by atoms with Gasteiger partial charge in [0, 0.05) is 29.1 Å². The summed E-state index contributed by atoms with van der Waals surface area (Å²) in [5, 5.41) is 0. The van der Waals surface area contributed by atoms with Crippen molar-refractivity contribution in [2.45, 2.75) is 17.9 Å². The van der Waals surface area contributed by atoms with Gasteiger partial charge in [-0.05, 0) is 36.2 Å². The minimum absolute atomic E-state index is 0.0920. The maximum Gasteiger partial charge on any atom is 0.124 e. The van der Waals surface area contributed by atoms with Crippen molar-refractivity contribution in [2.75, 3.05) is 5.75 Å². The van der Waals surface area contributed by atoms with Crippen LogP contribution < -0.4 is 5.73 Å². The molecule has 0 aliphatic carbocycles. The summed E-state index contributed by atoms with van der Waals surface area (Å²) in [5.41, 5.74) is 8.20. The molecule has 0 saturated carbocycles. The van der Waals surface area contributed by atoms with Crippen LogP contribution in [0.15, 0.2) is 47.6 Å². The van der Waals surface area contributed by atoms with Crippen LogP contribution in [-0.2, 0) is 0 Å². The van der Waals surface area contributed by atoms with Crippen LogP contribution >= 0.6 is 11.8 Å². The Kier molecular flexibility index (Phi) is 4.33. The summed E-state index contributed by atoms with van der Waals surface area (Å²) in [7, 11) is 0. The van der Waals surface area contributed by atoms with Gasteiger partial charge in [0.1, 0.15) is 5.82 Å². The highest BCUT2D eigenvalue weighted by Gasteiger charge is 2.07. The van der Waals surface area contributed by atoms with E-state index in [-0.39, 0.29) is 11.9 Å². The molecule has 0 radical (unpaired) electrons. The number of nitrogens with zero attached hydrogens (tertiary/aromatic N) is 1. The molecule has 0 fully saturated rings. The lowest BCUT2D eigenvalue weighted by Gasteiger charge is -2.11. The van der Waals surface area contributed by atoms with Crippen LogP contribution in [0.1, 0.15) is 17.2 Å². The van der Waals surface area contributed by atoms with Crippen LogP contribution in [0, 0.1) is 12.7 Å². The zero-order chi connectivity index (χ0) is 13.0. The van der Waals surface area contributed by atoms with Gasteiger partial charge in [-0.1, -0.05) is 12.1 Å². The van der Waals surface area contributed by atoms with Crippen LogP contribution in [0.25, 0.3) is 0 Å². The highest BCUT2D eigenvalue weighted by atomic mass is 32.2. The number of halogens is 1. The van der Waals surface area contributed by atoms with Gasteiger partial charge in [-0.15, -0.1) is 11.8 Å². The molecule has 1 aromatic carbocycles. The lowest BCUT2D eigenvalue weighted by atomic mass is 10.1. The number of aromatic nitrogens is 1. The molecule has 2 aromatic rings. The third-order valence-corrected chi connectivity index (χ3v) is 3.66. The molecule has 1 unspecified atom stereocenters. The topological polar surface area (TPSA) is 38.9 Å². The normalized spacial score (nSPS) is 12.4. The molecule has 2 N–H and O–H groups in total. The predicted molar refractivity (Wildman–Crippen MR) is 73.0 cm³/mol. The molecule has 0 saturated heterocycles. The molecular formula is C14H15FN2S. The van der Waals surface area contributed by atoms with E-state index in [1.54, 1.807) is 30.2 Å². The number of hydrogen-bond donors (Lipinski definition) is 1. The zero-order valence-electron chi connectivity index (χ0n) is 10.1. The van der Waals surface area contributed by atoms with Gasteiger partial charge >= 0.3 is 0 Å². The Hall–Kier alpha value is -1.39. The smallest absolute Gasteiger partial charge is 0.124 e. The first kappa shape index (κ1) is 13.1. The molecule has 18 heavy (non-hydrogen) atoms. The lowest BCUT2D eigenvalue weighted by Crippen LogP contribution is -2.13. The Morgan fingerprint density at radius 3 is 2.89 bits per heavy atom. The Labute approximate surface area is 110 Å². The summed E-state index contributed by atoms with van der Waals surface area (Å²) >= 11 is 1.55. The third-order valence-electron chi connectivity index (χ3n) is 2.55. The van der Waals surface area contributed by atoms with E-state index < -0.39 is 0 Å². The van der Waals surface area contributed by atoms with Gasteiger partial charge in [0.05, 0.1) is 0 Å². The fourth-order valence-corrected chi connectivity index (χ4v) is 2.56. The second-order valence-corrected chi connectivity index (χ2v) is 5.26. The molecule has 0 aliphatic rings. The van der Waals surface area contributed by atoms with Crippen LogP contribution in [0.2, 0.25) is 0 Å². The lowest BCUT2D eigenvalue weighted by molar-refractivity contribution is 0.624. The average Bonchev–Trinajstić information content (AvgIpc) is 2.36. The number of nitrogens with two attached hydrogens (primary N) is 1. The van der Waals surface area contributed by atoms with Crippen molar-refractivity contribution in [1.29, 1.82) is 0 Å². The largest absolute Gasteiger partial charge is 0.323 e. The van der Waals surface area contributed by atoms with Crippen LogP contribution in [0.3, 0.4) is 0 Å². The summed E-state index contributed by atoms with van der Waals surface area (Å²) in [6.45, 7) is 1.99. The molecule has 1 heterocycles. The van der Waals surface area contributed by atoms with Gasteiger partial charge in [0.15, 0.2) is 0 Å². The van der Waals surface area contributed by atoms with Crippen molar-refractivity contribution in [3.8, 4) is 0 Å². The van der Waals surface area contributed by atoms with Crippen molar-refractivity contribution in [3.05, 3.63) is 59.7 Å². The van der Waals surface area contributed by atoms with Crippen molar-refractivity contribution < 1.29 is 4.39 Å². The van der Waals surface area contributed by atoms with E-state index >= 15 is 0 Å². The number of aryl methyl sites for hydroxylation is 1. The molecular weight excluding hydrogens is 247 g/mol. The van der Waals surface area contributed by atoms with Crippen molar-refractivity contribution in [3.63, 3.8) is 0 Å². The molecule has 4 heteroatoms. The Morgan fingerprint density at radius 2 is 2.17 bits per heavy atom. The summed E-state index contributed by atoms with van der Waals surface area (Å²) < 4.78 is 13.0. The fraction of sp³-hybridized carbons (Fsp3) is 0.214. The van der Waals surface area contributed by atoms with Crippen LogP contribution in [0.5, 0.6) is 0 Å². The second-order valence-electron chi connectivity index (χ2n) is 4.17. The quantitative estimate of drug-likeness (QED) is 0.859. The van der Waals surface area contributed by atoms with Gasteiger partial charge < -0.3 is 5.73 Å². The van der Waals surface area contributed by atoms with Crippen LogP contribution in [-0.4, -0.2) is 10.7 Å².